The van der Waals surface area contributed by atoms with Gasteiger partial charge in [0.05, 0.1) is 10.0 Å². The summed E-state index contributed by atoms with van der Waals surface area (Å²) in [6.45, 7) is 0.869. The first-order valence-electron chi connectivity index (χ1n) is 5.65. The van der Waals surface area contributed by atoms with Crippen molar-refractivity contribution >= 4 is 45.8 Å². The molecule has 1 nitrogen and oxygen atoms in total. The normalized spacial score (nSPS) is 22.6. The van der Waals surface area contributed by atoms with Crippen LogP contribution in [-0.2, 0) is 4.74 Å². The maximum atomic E-state index is 5.87. The monoisotopic (exact) mass is 364 g/mol. The predicted molar refractivity (Wildman–Crippen MR) is 75.6 cm³/mol. The van der Waals surface area contributed by atoms with Gasteiger partial charge in [-0.25, -0.2) is 0 Å². The van der Waals surface area contributed by atoms with Crippen molar-refractivity contribution in [3.63, 3.8) is 0 Å². The Kier molecular flexibility index (Phi) is 8.00. The lowest BCUT2D eigenvalue weighted by molar-refractivity contribution is 0.0368. The molecule has 2 unspecified atom stereocenters. The molecule has 0 aromatic rings. The van der Waals surface area contributed by atoms with E-state index >= 15 is 0 Å². The summed E-state index contributed by atoms with van der Waals surface area (Å²) in [5.74, 6) is 1.92. The van der Waals surface area contributed by atoms with Crippen LogP contribution >= 0.6 is 45.8 Å². The Morgan fingerprint density at radius 3 is 2.33 bits per heavy atom. The van der Waals surface area contributed by atoms with E-state index in [-0.39, 0.29) is 6.10 Å². The largest absolute Gasteiger partial charge is 0.376 e. The van der Waals surface area contributed by atoms with Gasteiger partial charge in [0.15, 0.2) is 0 Å². The molecule has 15 heavy (non-hydrogen) atoms. The lowest BCUT2D eigenvalue weighted by Crippen LogP contribution is -2.30. The fraction of sp³-hybridized carbons (Fsp3) is 1.00. The van der Waals surface area contributed by atoms with Gasteiger partial charge in [0.25, 0.3) is 0 Å². The van der Waals surface area contributed by atoms with E-state index in [0.29, 0.717) is 15.7 Å². The molecule has 2 atom stereocenters. The summed E-state index contributed by atoms with van der Waals surface area (Å²) in [7, 11) is 0. The number of halogens is 3. The number of hydrogen-bond acceptors (Lipinski definition) is 1. The average Bonchev–Trinajstić information content (AvgIpc) is 2.31. The van der Waals surface area contributed by atoms with Crippen molar-refractivity contribution in [2.75, 3.05) is 18.4 Å². The molecule has 90 valence electrons. The zero-order valence-corrected chi connectivity index (χ0v) is 12.6. The van der Waals surface area contributed by atoms with E-state index in [9.17, 15) is 0 Å². The Balaban J connectivity index is 2.20. The van der Waals surface area contributed by atoms with Crippen molar-refractivity contribution in [1.29, 1.82) is 0 Å². The van der Waals surface area contributed by atoms with Gasteiger partial charge in [0.1, 0.15) is 0 Å². The molecule has 0 saturated heterocycles. The van der Waals surface area contributed by atoms with E-state index in [1.165, 1.54) is 32.1 Å². The Labute approximate surface area is 116 Å². The fourth-order valence-electron chi connectivity index (χ4n) is 1.96. The van der Waals surface area contributed by atoms with Crippen molar-refractivity contribution in [3.05, 3.63) is 0 Å². The molecule has 0 aromatic carbocycles. The minimum Gasteiger partial charge on any atom is -0.376 e. The molecule has 1 rings (SSSR count). The third-order valence-electron chi connectivity index (χ3n) is 2.97. The standard InChI is InChI=1S/C11H19Cl2IO/c12-6-10(14)11(7-13)15-8-9-4-2-1-3-5-9/h9-11H,1-8H2. The van der Waals surface area contributed by atoms with Crippen LogP contribution in [0.2, 0.25) is 0 Å². The highest BCUT2D eigenvalue weighted by molar-refractivity contribution is 14.1. The first-order valence-corrected chi connectivity index (χ1v) is 7.97. The highest BCUT2D eigenvalue weighted by Gasteiger charge is 2.20. The molecule has 1 saturated carbocycles. The predicted octanol–water partition coefficient (Wildman–Crippen LogP) is 4.23. The third kappa shape index (κ3) is 5.42. The molecule has 1 aliphatic carbocycles. The number of alkyl halides is 3. The lowest BCUT2D eigenvalue weighted by atomic mass is 9.90. The van der Waals surface area contributed by atoms with Crippen LogP contribution < -0.4 is 0 Å². The Bertz CT molecular complexity index is 163. The molecule has 1 fully saturated rings. The van der Waals surface area contributed by atoms with Crippen molar-refractivity contribution in [2.24, 2.45) is 5.92 Å². The van der Waals surface area contributed by atoms with Gasteiger partial charge in [-0.2, -0.15) is 0 Å². The Morgan fingerprint density at radius 2 is 1.80 bits per heavy atom. The molecule has 1 aliphatic rings. The van der Waals surface area contributed by atoms with Gasteiger partial charge in [-0.1, -0.05) is 41.9 Å². The second-order valence-corrected chi connectivity index (χ2v) is 6.42. The van der Waals surface area contributed by atoms with Crippen molar-refractivity contribution < 1.29 is 4.74 Å². The summed E-state index contributed by atoms with van der Waals surface area (Å²) >= 11 is 14.0. The minimum atomic E-state index is 0.117. The molecule has 0 heterocycles. The van der Waals surface area contributed by atoms with Gasteiger partial charge in [0, 0.05) is 18.4 Å². The molecule has 0 bridgehead atoms. The summed E-state index contributed by atoms with van der Waals surface area (Å²) in [5.41, 5.74) is 0. The minimum absolute atomic E-state index is 0.117. The Morgan fingerprint density at radius 1 is 1.13 bits per heavy atom. The number of ether oxygens (including phenoxy) is 1. The van der Waals surface area contributed by atoms with Gasteiger partial charge in [-0.05, 0) is 18.8 Å². The van der Waals surface area contributed by atoms with Crippen LogP contribution in [0.25, 0.3) is 0 Å². The van der Waals surface area contributed by atoms with Crippen LogP contribution in [0.4, 0.5) is 0 Å². The van der Waals surface area contributed by atoms with Crippen LogP contribution in [0.15, 0.2) is 0 Å². The molecule has 0 spiro atoms. The molecule has 0 N–H and O–H groups in total. The van der Waals surface area contributed by atoms with E-state index in [2.05, 4.69) is 22.6 Å². The lowest BCUT2D eigenvalue weighted by Gasteiger charge is -2.25. The zero-order valence-electron chi connectivity index (χ0n) is 8.93. The smallest absolute Gasteiger partial charge is 0.0839 e. The first kappa shape index (κ1) is 14.3. The highest BCUT2D eigenvalue weighted by atomic mass is 127. The van der Waals surface area contributed by atoms with Crippen molar-refractivity contribution in [3.8, 4) is 0 Å². The molecular formula is C11H19Cl2IO. The maximum absolute atomic E-state index is 5.87. The second kappa shape index (κ2) is 8.37. The van der Waals surface area contributed by atoms with Crippen LogP contribution in [0.5, 0.6) is 0 Å². The van der Waals surface area contributed by atoms with Gasteiger partial charge in [0.2, 0.25) is 0 Å². The van der Waals surface area contributed by atoms with Crippen LogP contribution in [-0.4, -0.2) is 28.4 Å². The van der Waals surface area contributed by atoms with E-state index in [0.717, 1.165) is 12.5 Å². The molecule has 0 amide bonds. The average molecular weight is 365 g/mol. The summed E-state index contributed by atoms with van der Waals surface area (Å²) in [6.07, 6.45) is 6.88. The fourth-order valence-corrected chi connectivity index (χ4v) is 3.22. The van der Waals surface area contributed by atoms with Gasteiger partial charge in [-0.3, -0.25) is 0 Å². The van der Waals surface area contributed by atoms with E-state index in [4.69, 9.17) is 27.9 Å². The number of rotatable bonds is 6. The molecule has 0 radical (unpaired) electrons. The van der Waals surface area contributed by atoms with Crippen LogP contribution in [0.1, 0.15) is 32.1 Å². The first-order chi connectivity index (χ1) is 7.27. The summed E-state index contributed by atoms with van der Waals surface area (Å²) in [6, 6.07) is 0. The maximum Gasteiger partial charge on any atom is 0.0839 e. The van der Waals surface area contributed by atoms with Gasteiger partial charge < -0.3 is 4.74 Å². The highest BCUT2D eigenvalue weighted by Crippen LogP contribution is 2.25. The molecule has 4 heteroatoms. The molecule has 0 aliphatic heterocycles. The summed E-state index contributed by atoms with van der Waals surface area (Å²) in [5, 5.41) is 0. The quantitative estimate of drug-likeness (QED) is 0.506. The SMILES string of the molecule is ClCC(I)C(CCl)OCC1CCCCC1. The van der Waals surface area contributed by atoms with Gasteiger partial charge in [-0.15, -0.1) is 23.2 Å². The topological polar surface area (TPSA) is 9.23 Å². The van der Waals surface area contributed by atoms with E-state index in [1.807, 2.05) is 0 Å². The summed E-state index contributed by atoms with van der Waals surface area (Å²) < 4.78 is 6.18. The van der Waals surface area contributed by atoms with E-state index < -0.39 is 0 Å². The number of hydrogen-bond donors (Lipinski definition) is 0. The van der Waals surface area contributed by atoms with Crippen molar-refractivity contribution in [2.45, 2.75) is 42.1 Å². The zero-order chi connectivity index (χ0) is 11.1. The summed E-state index contributed by atoms with van der Waals surface area (Å²) in [4.78, 5) is 0. The molecular weight excluding hydrogens is 346 g/mol. The van der Waals surface area contributed by atoms with Crippen LogP contribution in [0, 0.1) is 5.92 Å². The van der Waals surface area contributed by atoms with E-state index in [1.54, 1.807) is 0 Å². The third-order valence-corrected chi connectivity index (χ3v) is 5.37. The van der Waals surface area contributed by atoms with Gasteiger partial charge >= 0.3 is 0 Å². The van der Waals surface area contributed by atoms with Crippen LogP contribution in [0.3, 0.4) is 0 Å². The Hall–Kier alpha value is 1.27. The van der Waals surface area contributed by atoms with Crippen molar-refractivity contribution in [1.82, 2.24) is 0 Å². The molecule has 0 aromatic heterocycles. The second-order valence-electron chi connectivity index (χ2n) is 4.20.